The molecule has 1 unspecified atom stereocenters. The van der Waals surface area contributed by atoms with Crippen LogP contribution in [0.3, 0.4) is 0 Å². The Bertz CT molecular complexity index is 844. The molecular formula is C19H19Cl2NO4. The van der Waals surface area contributed by atoms with Gasteiger partial charge in [0.2, 0.25) is 0 Å². The molecule has 3 rings (SSSR count). The summed E-state index contributed by atoms with van der Waals surface area (Å²) in [6.45, 7) is 2.59. The molecule has 0 radical (unpaired) electrons. The lowest BCUT2D eigenvalue weighted by Crippen LogP contribution is -2.33. The SMILES string of the molecule is COC(=O)C1=C(C)N2CCCC2=C(C(=O)OC)C1c1cccc(Cl)c1Cl. The molecule has 1 aromatic carbocycles. The van der Waals surface area contributed by atoms with Crippen LogP contribution < -0.4 is 0 Å². The topological polar surface area (TPSA) is 55.8 Å². The monoisotopic (exact) mass is 395 g/mol. The predicted molar refractivity (Wildman–Crippen MR) is 98.9 cm³/mol. The maximum absolute atomic E-state index is 12.7. The van der Waals surface area contributed by atoms with Crippen molar-refractivity contribution in [1.29, 1.82) is 0 Å². The van der Waals surface area contributed by atoms with Gasteiger partial charge >= 0.3 is 11.9 Å². The van der Waals surface area contributed by atoms with E-state index in [1.165, 1.54) is 14.2 Å². The number of methoxy groups -OCH3 is 2. The van der Waals surface area contributed by atoms with E-state index in [2.05, 4.69) is 0 Å². The maximum Gasteiger partial charge on any atom is 0.336 e. The number of esters is 2. The Morgan fingerprint density at radius 1 is 1.12 bits per heavy atom. The van der Waals surface area contributed by atoms with E-state index in [4.69, 9.17) is 32.7 Å². The fraction of sp³-hybridized carbons (Fsp3) is 0.368. The lowest BCUT2D eigenvalue weighted by Gasteiger charge is -2.35. The first-order chi connectivity index (χ1) is 12.4. The van der Waals surface area contributed by atoms with Crippen LogP contribution in [0.15, 0.2) is 40.7 Å². The van der Waals surface area contributed by atoms with Gasteiger partial charge in [-0.25, -0.2) is 9.59 Å². The summed E-state index contributed by atoms with van der Waals surface area (Å²) in [5.41, 5.74) is 3.00. The summed E-state index contributed by atoms with van der Waals surface area (Å²) in [5.74, 6) is -1.68. The molecule has 0 bridgehead atoms. The highest BCUT2D eigenvalue weighted by molar-refractivity contribution is 6.42. The third kappa shape index (κ3) is 2.89. The maximum atomic E-state index is 12.7. The fourth-order valence-electron chi connectivity index (χ4n) is 3.77. The largest absolute Gasteiger partial charge is 0.466 e. The Balaban J connectivity index is 2.32. The first-order valence-corrected chi connectivity index (χ1v) is 8.99. The minimum absolute atomic E-state index is 0.307. The van der Waals surface area contributed by atoms with Gasteiger partial charge in [0.15, 0.2) is 0 Å². The Morgan fingerprint density at radius 2 is 1.77 bits per heavy atom. The molecule has 0 aromatic heterocycles. The second-order valence-electron chi connectivity index (χ2n) is 6.17. The zero-order valence-electron chi connectivity index (χ0n) is 14.8. The highest BCUT2D eigenvalue weighted by atomic mass is 35.5. The summed E-state index contributed by atoms with van der Waals surface area (Å²) in [7, 11) is 2.65. The van der Waals surface area contributed by atoms with Crippen LogP contribution in [0.25, 0.3) is 0 Å². The molecule has 26 heavy (non-hydrogen) atoms. The predicted octanol–water partition coefficient (Wildman–Crippen LogP) is 4.06. The molecule has 2 aliphatic rings. The smallest absolute Gasteiger partial charge is 0.336 e. The highest BCUT2D eigenvalue weighted by Gasteiger charge is 2.43. The van der Waals surface area contributed by atoms with Crippen LogP contribution in [0.5, 0.6) is 0 Å². The van der Waals surface area contributed by atoms with E-state index < -0.39 is 17.9 Å². The molecule has 1 fully saturated rings. The van der Waals surface area contributed by atoms with Crippen LogP contribution in [0.1, 0.15) is 31.2 Å². The van der Waals surface area contributed by atoms with Crippen molar-refractivity contribution in [3.05, 3.63) is 56.3 Å². The molecule has 2 aliphatic heterocycles. The first-order valence-electron chi connectivity index (χ1n) is 8.24. The standard InChI is InChI=1S/C19H19Cl2NO4/c1-10-14(18(23)25-2)15(11-6-4-7-12(20)17(11)21)16(19(24)26-3)13-8-5-9-22(10)13/h4,6-7,15H,5,8-9H2,1-3H3. The van der Waals surface area contributed by atoms with E-state index in [1.807, 2.05) is 11.8 Å². The summed E-state index contributed by atoms with van der Waals surface area (Å²) in [4.78, 5) is 27.3. The van der Waals surface area contributed by atoms with Crippen LogP contribution in [0.2, 0.25) is 10.0 Å². The van der Waals surface area contributed by atoms with Crippen molar-refractivity contribution >= 4 is 35.1 Å². The number of ether oxygens (including phenoxy) is 2. The number of hydrogen-bond acceptors (Lipinski definition) is 5. The first kappa shape index (κ1) is 18.8. The second-order valence-corrected chi connectivity index (χ2v) is 6.96. The van der Waals surface area contributed by atoms with Gasteiger partial charge in [-0.3, -0.25) is 0 Å². The number of carbonyl (C=O) groups is 2. The van der Waals surface area contributed by atoms with Gasteiger partial charge in [0.25, 0.3) is 0 Å². The third-order valence-electron chi connectivity index (χ3n) is 4.91. The molecule has 5 nitrogen and oxygen atoms in total. The quantitative estimate of drug-likeness (QED) is 0.722. The summed E-state index contributed by atoms with van der Waals surface area (Å²) in [5, 5.41) is 0.663. The van der Waals surface area contributed by atoms with Crippen LogP contribution in [0, 0.1) is 0 Å². The fourth-order valence-corrected chi connectivity index (χ4v) is 4.18. The minimum atomic E-state index is -0.689. The molecule has 1 aromatic rings. The minimum Gasteiger partial charge on any atom is -0.466 e. The number of fused-ring (bicyclic) bond motifs is 1. The number of rotatable bonds is 3. The van der Waals surface area contributed by atoms with Crippen molar-refractivity contribution in [3.8, 4) is 0 Å². The molecule has 0 N–H and O–H groups in total. The number of halogens is 2. The van der Waals surface area contributed by atoms with Gasteiger partial charge in [0.1, 0.15) is 0 Å². The third-order valence-corrected chi connectivity index (χ3v) is 5.74. The van der Waals surface area contributed by atoms with E-state index in [9.17, 15) is 9.59 Å². The average Bonchev–Trinajstić information content (AvgIpc) is 3.12. The lowest BCUT2D eigenvalue weighted by molar-refractivity contribution is -0.137. The summed E-state index contributed by atoms with van der Waals surface area (Å²) in [6, 6.07) is 5.18. The molecule has 138 valence electrons. The van der Waals surface area contributed by atoms with Crippen molar-refractivity contribution in [3.63, 3.8) is 0 Å². The average molecular weight is 396 g/mol. The van der Waals surface area contributed by atoms with E-state index in [-0.39, 0.29) is 0 Å². The number of nitrogens with zero attached hydrogens (tertiary/aromatic N) is 1. The van der Waals surface area contributed by atoms with Crippen molar-refractivity contribution in [2.24, 2.45) is 0 Å². The Morgan fingerprint density at radius 3 is 2.42 bits per heavy atom. The van der Waals surface area contributed by atoms with Crippen LogP contribution >= 0.6 is 23.2 Å². The zero-order chi connectivity index (χ0) is 19.0. The van der Waals surface area contributed by atoms with Gasteiger partial charge in [0, 0.05) is 17.9 Å². The van der Waals surface area contributed by atoms with E-state index >= 15 is 0 Å². The molecular weight excluding hydrogens is 377 g/mol. The van der Waals surface area contributed by atoms with Gasteiger partial charge in [-0.1, -0.05) is 35.3 Å². The number of allylic oxidation sites excluding steroid dienone is 2. The van der Waals surface area contributed by atoms with Crippen molar-refractivity contribution < 1.29 is 19.1 Å². The molecule has 7 heteroatoms. The number of benzene rings is 1. The van der Waals surface area contributed by atoms with E-state index in [1.54, 1.807) is 18.2 Å². The Labute approximate surface area is 162 Å². The Hall–Kier alpha value is -1.98. The molecule has 0 saturated carbocycles. The van der Waals surface area contributed by atoms with Gasteiger partial charge in [-0.2, -0.15) is 0 Å². The zero-order valence-corrected chi connectivity index (χ0v) is 16.3. The molecule has 2 heterocycles. The highest BCUT2D eigenvalue weighted by Crippen LogP contribution is 2.48. The Kier molecular flexibility index (Phi) is 5.30. The molecule has 0 aliphatic carbocycles. The van der Waals surface area contributed by atoms with Gasteiger partial charge in [0.05, 0.1) is 41.3 Å². The summed E-state index contributed by atoms with van der Waals surface area (Å²) < 4.78 is 10.1. The van der Waals surface area contributed by atoms with E-state index in [0.717, 1.165) is 30.8 Å². The number of carbonyl (C=O) groups excluding carboxylic acids is 2. The van der Waals surface area contributed by atoms with Gasteiger partial charge < -0.3 is 14.4 Å². The normalized spacial score (nSPS) is 19.6. The number of hydrogen-bond donors (Lipinski definition) is 0. The lowest BCUT2D eigenvalue weighted by atomic mass is 9.79. The van der Waals surface area contributed by atoms with Gasteiger partial charge in [-0.15, -0.1) is 0 Å². The molecule has 0 spiro atoms. The van der Waals surface area contributed by atoms with Gasteiger partial charge in [-0.05, 0) is 31.4 Å². The van der Waals surface area contributed by atoms with Crippen molar-refractivity contribution in [2.75, 3.05) is 20.8 Å². The van der Waals surface area contributed by atoms with Crippen LogP contribution in [-0.2, 0) is 19.1 Å². The van der Waals surface area contributed by atoms with E-state index in [0.29, 0.717) is 26.8 Å². The summed E-state index contributed by atoms with van der Waals surface area (Å²) in [6.07, 6.45) is 1.61. The van der Waals surface area contributed by atoms with Crippen molar-refractivity contribution in [1.82, 2.24) is 4.90 Å². The van der Waals surface area contributed by atoms with Crippen LogP contribution in [-0.4, -0.2) is 37.6 Å². The summed E-state index contributed by atoms with van der Waals surface area (Å²) >= 11 is 12.6. The molecule has 1 atom stereocenters. The van der Waals surface area contributed by atoms with Crippen LogP contribution in [0.4, 0.5) is 0 Å². The molecule has 0 amide bonds. The molecule has 1 saturated heterocycles. The second kappa shape index (κ2) is 7.33. The van der Waals surface area contributed by atoms with Crippen molar-refractivity contribution in [2.45, 2.75) is 25.7 Å².